The summed E-state index contributed by atoms with van der Waals surface area (Å²) < 4.78 is 2.16. The third kappa shape index (κ3) is 2.62. The van der Waals surface area contributed by atoms with Crippen molar-refractivity contribution in [3.8, 4) is 0 Å². The molecule has 6 nitrogen and oxygen atoms in total. The number of nitrogens with zero attached hydrogens (tertiary/aromatic N) is 2. The van der Waals surface area contributed by atoms with Crippen LogP contribution < -0.4 is 16.4 Å². The van der Waals surface area contributed by atoms with Gasteiger partial charge in [0.1, 0.15) is 0 Å². The lowest BCUT2D eigenvalue weighted by Crippen LogP contribution is -2.35. The van der Waals surface area contributed by atoms with Gasteiger partial charge in [-0.1, -0.05) is 0 Å². The van der Waals surface area contributed by atoms with Crippen LogP contribution in [0.2, 0.25) is 0 Å². The molecule has 0 saturated heterocycles. The number of imidazole rings is 1. The number of aromatic nitrogens is 2. The molecule has 0 bridgehead atoms. The maximum Gasteiger partial charge on any atom is 0.312 e. The van der Waals surface area contributed by atoms with Crippen LogP contribution in [0, 0.1) is 13.8 Å². The lowest BCUT2D eigenvalue weighted by Gasteiger charge is -2.06. The third-order valence-corrected chi connectivity index (χ3v) is 3.67. The first kappa shape index (κ1) is 12.8. The summed E-state index contributed by atoms with van der Waals surface area (Å²) >= 11 is 1.65. The first-order valence-electron chi connectivity index (χ1n) is 5.75. The van der Waals surface area contributed by atoms with Crippen molar-refractivity contribution in [1.29, 1.82) is 0 Å². The van der Waals surface area contributed by atoms with Crippen molar-refractivity contribution in [2.24, 2.45) is 5.73 Å². The van der Waals surface area contributed by atoms with Crippen molar-refractivity contribution in [3.05, 3.63) is 22.5 Å². The Balaban J connectivity index is 1.96. The van der Waals surface area contributed by atoms with Gasteiger partial charge in [0.15, 0.2) is 4.96 Å². The van der Waals surface area contributed by atoms with Gasteiger partial charge >= 0.3 is 6.03 Å². The molecule has 18 heavy (non-hydrogen) atoms. The van der Waals surface area contributed by atoms with Crippen LogP contribution in [-0.4, -0.2) is 28.5 Å². The lowest BCUT2D eigenvalue weighted by molar-refractivity contribution is 0.249. The second-order valence-electron chi connectivity index (χ2n) is 4.11. The van der Waals surface area contributed by atoms with Crippen LogP contribution >= 0.6 is 11.3 Å². The number of nitrogens with two attached hydrogens (primary N) is 1. The molecular weight excluding hydrogens is 250 g/mol. The van der Waals surface area contributed by atoms with E-state index in [1.807, 2.05) is 6.92 Å². The molecule has 7 heteroatoms. The molecule has 2 aromatic heterocycles. The maximum atomic E-state index is 10.5. The molecule has 0 aromatic carbocycles. The topological polar surface area (TPSA) is 84.4 Å². The van der Waals surface area contributed by atoms with Gasteiger partial charge in [0.2, 0.25) is 0 Å². The predicted octanol–water partition coefficient (Wildman–Crippen LogP) is 0.771. The molecule has 2 amide bonds. The molecule has 4 N–H and O–H groups in total. The fourth-order valence-electron chi connectivity index (χ4n) is 1.86. The van der Waals surface area contributed by atoms with Crippen LogP contribution in [0.15, 0.2) is 5.38 Å². The number of hydrogen-bond acceptors (Lipinski definition) is 4. The summed E-state index contributed by atoms with van der Waals surface area (Å²) in [5, 5.41) is 7.90. The number of amides is 2. The summed E-state index contributed by atoms with van der Waals surface area (Å²) in [5.41, 5.74) is 8.39. The maximum absolute atomic E-state index is 10.5. The van der Waals surface area contributed by atoms with Gasteiger partial charge in [-0.2, -0.15) is 0 Å². The number of carbonyl (C=O) groups excluding carboxylic acids is 1. The number of fused-ring (bicyclic) bond motifs is 1. The molecule has 2 rings (SSSR count). The lowest BCUT2D eigenvalue weighted by atomic mass is 10.3. The largest absolute Gasteiger partial charge is 0.352 e. The van der Waals surface area contributed by atoms with Gasteiger partial charge < -0.3 is 16.4 Å². The number of thiazole rings is 1. The van der Waals surface area contributed by atoms with Gasteiger partial charge in [-0.05, 0) is 13.8 Å². The zero-order valence-electron chi connectivity index (χ0n) is 10.5. The highest BCUT2D eigenvalue weighted by molar-refractivity contribution is 7.15. The molecule has 0 fully saturated rings. The Kier molecular flexibility index (Phi) is 3.83. The average Bonchev–Trinajstić information content (AvgIpc) is 2.79. The molecule has 0 aliphatic rings. The van der Waals surface area contributed by atoms with Crippen molar-refractivity contribution in [3.63, 3.8) is 0 Å². The molecule has 0 spiro atoms. The van der Waals surface area contributed by atoms with Gasteiger partial charge in [-0.3, -0.25) is 4.40 Å². The Morgan fingerprint density at radius 2 is 2.28 bits per heavy atom. The highest BCUT2D eigenvalue weighted by Gasteiger charge is 2.11. The average molecular weight is 267 g/mol. The van der Waals surface area contributed by atoms with E-state index >= 15 is 0 Å². The fourth-order valence-corrected chi connectivity index (χ4v) is 2.79. The Hall–Kier alpha value is -1.60. The Morgan fingerprint density at radius 3 is 3.00 bits per heavy atom. The van der Waals surface area contributed by atoms with Gasteiger partial charge in [0.05, 0.1) is 11.4 Å². The molecule has 0 unspecified atom stereocenters. The highest BCUT2D eigenvalue weighted by Crippen LogP contribution is 2.20. The number of primary amides is 1. The van der Waals surface area contributed by atoms with Gasteiger partial charge in [-0.15, -0.1) is 11.3 Å². The van der Waals surface area contributed by atoms with Crippen LogP contribution in [0.5, 0.6) is 0 Å². The van der Waals surface area contributed by atoms with Crippen LogP contribution in [0.4, 0.5) is 4.79 Å². The van der Waals surface area contributed by atoms with E-state index in [2.05, 4.69) is 32.3 Å². The predicted molar refractivity (Wildman–Crippen MR) is 71.8 cm³/mol. The molecule has 2 heterocycles. The van der Waals surface area contributed by atoms with Gasteiger partial charge in [-0.25, -0.2) is 9.78 Å². The van der Waals surface area contributed by atoms with Gasteiger partial charge in [0, 0.05) is 30.7 Å². The Morgan fingerprint density at radius 1 is 1.50 bits per heavy atom. The molecule has 2 aromatic rings. The number of nitrogens with one attached hydrogen (secondary N) is 2. The highest BCUT2D eigenvalue weighted by atomic mass is 32.1. The van der Waals surface area contributed by atoms with E-state index in [4.69, 9.17) is 5.73 Å². The fraction of sp³-hybridized carbons (Fsp3) is 0.455. The SMILES string of the molecule is Cc1nc2scc(C)n2c1CNCCNC(N)=O. The van der Waals surface area contributed by atoms with E-state index in [0.717, 1.165) is 17.2 Å². The smallest absolute Gasteiger partial charge is 0.312 e. The van der Waals surface area contributed by atoms with E-state index in [1.165, 1.54) is 11.4 Å². The molecule has 98 valence electrons. The number of aryl methyl sites for hydroxylation is 2. The van der Waals surface area contributed by atoms with Crippen molar-refractivity contribution in [1.82, 2.24) is 20.0 Å². The van der Waals surface area contributed by atoms with Crippen LogP contribution in [0.1, 0.15) is 17.1 Å². The Bertz CT molecular complexity index is 559. The second kappa shape index (κ2) is 5.36. The minimum absolute atomic E-state index is 0.492. The number of urea groups is 1. The van der Waals surface area contributed by atoms with E-state index in [0.29, 0.717) is 13.1 Å². The third-order valence-electron chi connectivity index (χ3n) is 2.72. The molecule has 0 saturated carbocycles. The zero-order chi connectivity index (χ0) is 13.1. The minimum Gasteiger partial charge on any atom is -0.352 e. The first-order valence-corrected chi connectivity index (χ1v) is 6.63. The summed E-state index contributed by atoms with van der Waals surface area (Å²) in [4.78, 5) is 16.0. The molecule has 0 aliphatic heterocycles. The van der Waals surface area contributed by atoms with Crippen molar-refractivity contribution in [2.75, 3.05) is 13.1 Å². The van der Waals surface area contributed by atoms with E-state index in [1.54, 1.807) is 11.3 Å². The summed E-state index contributed by atoms with van der Waals surface area (Å²) in [7, 11) is 0. The van der Waals surface area contributed by atoms with Crippen molar-refractivity contribution in [2.45, 2.75) is 20.4 Å². The van der Waals surface area contributed by atoms with Crippen molar-refractivity contribution < 1.29 is 4.79 Å². The summed E-state index contributed by atoms with van der Waals surface area (Å²) in [6.07, 6.45) is 0. The summed E-state index contributed by atoms with van der Waals surface area (Å²) in [5.74, 6) is 0. The monoisotopic (exact) mass is 267 g/mol. The molecule has 0 radical (unpaired) electrons. The van der Waals surface area contributed by atoms with Gasteiger partial charge in [0.25, 0.3) is 0 Å². The number of rotatable bonds is 5. The number of hydrogen-bond donors (Lipinski definition) is 3. The van der Waals surface area contributed by atoms with Crippen LogP contribution in [-0.2, 0) is 6.54 Å². The summed E-state index contributed by atoms with van der Waals surface area (Å²) in [6, 6.07) is -0.492. The normalized spacial score (nSPS) is 11.0. The van der Waals surface area contributed by atoms with Crippen LogP contribution in [0.25, 0.3) is 4.96 Å². The van der Waals surface area contributed by atoms with Crippen molar-refractivity contribution >= 4 is 22.3 Å². The molecule has 0 atom stereocenters. The van der Waals surface area contributed by atoms with E-state index in [-0.39, 0.29) is 0 Å². The Labute approximate surface area is 109 Å². The van der Waals surface area contributed by atoms with E-state index in [9.17, 15) is 4.79 Å². The van der Waals surface area contributed by atoms with Crippen LogP contribution in [0.3, 0.4) is 0 Å². The zero-order valence-corrected chi connectivity index (χ0v) is 11.3. The molecule has 0 aliphatic carbocycles. The first-order chi connectivity index (χ1) is 8.59. The molecular formula is C11H17N5OS. The number of carbonyl (C=O) groups is 1. The quantitative estimate of drug-likeness (QED) is 0.700. The van der Waals surface area contributed by atoms with E-state index < -0.39 is 6.03 Å². The minimum atomic E-state index is -0.492. The standard InChI is InChI=1S/C11H17N5OS/c1-7-6-18-11-15-8(2)9(16(7)11)5-13-3-4-14-10(12)17/h6,13H,3-5H2,1-2H3,(H3,12,14,17). The summed E-state index contributed by atoms with van der Waals surface area (Å²) in [6.45, 7) is 6.02. The second-order valence-corrected chi connectivity index (χ2v) is 4.94.